The first-order valence-corrected chi connectivity index (χ1v) is 4.64. The first-order chi connectivity index (χ1) is 6.37. The van der Waals surface area contributed by atoms with Gasteiger partial charge in [0.2, 0.25) is 0 Å². The topological polar surface area (TPSA) is 29.1 Å². The van der Waals surface area contributed by atoms with Crippen molar-refractivity contribution in [1.29, 1.82) is 0 Å². The van der Waals surface area contributed by atoms with E-state index in [1.165, 1.54) is 0 Å². The minimum Gasteiger partial charge on any atom is -0.301 e. The Hall–Kier alpha value is -1.15. The molecule has 0 radical (unpaired) electrons. The molecule has 1 saturated heterocycles. The minimum absolute atomic E-state index is 0.402. The van der Waals surface area contributed by atoms with Crippen LogP contribution in [0.4, 0.5) is 0 Å². The van der Waals surface area contributed by atoms with Crippen LogP contribution in [0.15, 0.2) is 30.3 Å². The lowest BCUT2D eigenvalue weighted by atomic mass is 9.90. The van der Waals surface area contributed by atoms with Crippen LogP contribution in [0.5, 0.6) is 0 Å². The number of hydrogen-bond donors (Lipinski definition) is 1. The van der Waals surface area contributed by atoms with Gasteiger partial charge in [0.15, 0.2) is 0 Å². The van der Waals surface area contributed by atoms with Crippen molar-refractivity contribution in [2.45, 2.75) is 18.4 Å². The van der Waals surface area contributed by atoms with Gasteiger partial charge in [-0.1, -0.05) is 30.3 Å². The van der Waals surface area contributed by atoms with Crippen LogP contribution >= 0.6 is 0 Å². The van der Waals surface area contributed by atoms with Crippen molar-refractivity contribution in [2.75, 3.05) is 6.54 Å². The molecule has 1 aromatic carbocycles. The normalized spacial score (nSPS) is 27.4. The molecule has 1 heterocycles. The molecule has 0 aromatic heterocycles. The third-order valence-corrected chi connectivity index (χ3v) is 2.68. The number of nitrogens with one attached hydrogen (secondary N) is 1. The minimum atomic E-state index is -0.402. The maximum atomic E-state index is 11.1. The zero-order valence-corrected chi connectivity index (χ0v) is 7.49. The number of rotatable bonds is 2. The Kier molecular flexibility index (Phi) is 2.15. The highest BCUT2D eigenvalue weighted by Crippen LogP contribution is 2.28. The number of carbonyl (C=O) groups excluding carboxylic acids is 1. The summed E-state index contributed by atoms with van der Waals surface area (Å²) < 4.78 is 0. The van der Waals surface area contributed by atoms with E-state index < -0.39 is 5.54 Å². The standard InChI is InChI=1S/C11H13NO/c13-9-11(7-4-8-12-11)10-5-2-1-3-6-10/h1-3,5-6,9,12H,4,7-8H2/t11-/m1/s1. The van der Waals surface area contributed by atoms with Crippen LogP contribution in [0.25, 0.3) is 0 Å². The van der Waals surface area contributed by atoms with E-state index in [4.69, 9.17) is 0 Å². The van der Waals surface area contributed by atoms with Gasteiger partial charge in [0.05, 0.1) is 5.54 Å². The molecule has 0 aliphatic carbocycles. The molecule has 0 bridgehead atoms. The van der Waals surface area contributed by atoms with Crippen molar-refractivity contribution < 1.29 is 4.79 Å². The van der Waals surface area contributed by atoms with E-state index in [1.807, 2.05) is 30.3 Å². The fourth-order valence-electron chi connectivity index (χ4n) is 1.92. The molecule has 1 N–H and O–H groups in total. The highest BCUT2D eigenvalue weighted by atomic mass is 16.1. The summed E-state index contributed by atoms with van der Waals surface area (Å²) in [5.74, 6) is 0. The fraction of sp³-hybridized carbons (Fsp3) is 0.364. The summed E-state index contributed by atoms with van der Waals surface area (Å²) in [6.07, 6.45) is 3.03. The first kappa shape index (κ1) is 8.45. The molecule has 1 aromatic rings. The number of benzene rings is 1. The Bertz CT molecular complexity index is 288. The highest BCUT2D eigenvalue weighted by Gasteiger charge is 2.34. The van der Waals surface area contributed by atoms with E-state index in [2.05, 4.69) is 5.32 Å². The lowest BCUT2D eigenvalue weighted by molar-refractivity contribution is -0.113. The zero-order valence-electron chi connectivity index (χ0n) is 7.49. The van der Waals surface area contributed by atoms with E-state index >= 15 is 0 Å². The fourth-order valence-corrected chi connectivity index (χ4v) is 1.92. The van der Waals surface area contributed by atoms with Crippen LogP contribution in [0.3, 0.4) is 0 Å². The number of carbonyl (C=O) groups is 1. The van der Waals surface area contributed by atoms with Gasteiger partial charge in [0.1, 0.15) is 6.29 Å². The second kappa shape index (κ2) is 3.30. The van der Waals surface area contributed by atoms with Crippen molar-refractivity contribution in [1.82, 2.24) is 5.32 Å². The molecule has 0 saturated carbocycles. The molecule has 2 nitrogen and oxygen atoms in total. The second-order valence-electron chi connectivity index (χ2n) is 3.49. The smallest absolute Gasteiger partial charge is 0.144 e. The van der Waals surface area contributed by atoms with Crippen LogP contribution in [0, 0.1) is 0 Å². The first-order valence-electron chi connectivity index (χ1n) is 4.64. The Labute approximate surface area is 78.0 Å². The average molecular weight is 175 g/mol. The van der Waals surface area contributed by atoms with Crippen molar-refractivity contribution >= 4 is 6.29 Å². The van der Waals surface area contributed by atoms with Gasteiger partial charge >= 0.3 is 0 Å². The van der Waals surface area contributed by atoms with Gasteiger partial charge in [-0.3, -0.25) is 0 Å². The molecule has 68 valence electrons. The molecule has 1 fully saturated rings. The number of hydrogen-bond acceptors (Lipinski definition) is 2. The van der Waals surface area contributed by atoms with Crippen molar-refractivity contribution in [3.8, 4) is 0 Å². The maximum absolute atomic E-state index is 11.1. The van der Waals surface area contributed by atoms with Crippen molar-refractivity contribution in [3.05, 3.63) is 35.9 Å². The molecule has 1 aliphatic heterocycles. The lowest BCUT2D eigenvalue weighted by Gasteiger charge is -2.22. The zero-order chi connectivity index (χ0) is 9.15. The van der Waals surface area contributed by atoms with Gasteiger partial charge in [0, 0.05) is 0 Å². The van der Waals surface area contributed by atoms with Crippen LogP contribution in [-0.4, -0.2) is 12.8 Å². The molecular formula is C11H13NO. The van der Waals surface area contributed by atoms with Crippen molar-refractivity contribution in [3.63, 3.8) is 0 Å². The SMILES string of the molecule is O=C[C@@]1(c2ccccc2)CCCN1. The Morgan fingerprint density at radius 1 is 1.31 bits per heavy atom. The molecule has 13 heavy (non-hydrogen) atoms. The molecule has 2 rings (SSSR count). The van der Waals surface area contributed by atoms with Gasteiger partial charge in [-0.15, -0.1) is 0 Å². The summed E-state index contributed by atoms with van der Waals surface area (Å²) in [5, 5.41) is 3.27. The average Bonchev–Trinajstić information content (AvgIpc) is 2.69. The Morgan fingerprint density at radius 3 is 2.62 bits per heavy atom. The summed E-state index contributed by atoms with van der Waals surface area (Å²) in [5.41, 5.74) is 0.684. The lowest BCUT2D eigenvalue weighted by Crippen LogP contribution is -2.38. The molecule has 1 aliphatic rings. The number of aldehydes is 1. The summed E-state index contributed by atoms with van der Waals surface area (Å²) in [4.78, 5) is 11.1. The largest absolute Gasteiger partial charge is 0.301 e. The van der Waals surface area contributed by atoms with Crippen molar-refractivity contribution in [2.24, 2.45) is 0 Å². The summed E-state index contributed by atoms with van der Waals surface area (Å²) in [7, 11) is 0. The summed E-state index contributed by atoms with van der Waals surface area (Å²) in [6, 6.07) is 9.93. The van der Waals surface area contributed by atoms with Gasteiger partial charge in [-0.05, 0) is 24.9 Å². The van der Waals surface area contributed by atoms with E-state index in [0.29, 0.717) is 0 Å². The molecular weight excluding hydrogens is 162 g/mol. The quantitative estimate of drug-likeness (QED) is 0.689. The van der Waals surface area contributed by atoms with E-state index in [1.54, 1.807) is 0 Å². The monoisotopic (exact) mass is 175 g/mol. The maximum Gasteiger partial charge on any atom is 0.144 e. The Morgan fingerprint density at radius 2 is 2.08 bits per heavy atom. The van der Waals surface area contributed by atoms with E-state index in [9.17, 15) is 4.79 Å². The van der Waals surface area contributed by atoms with Gasteiger partial charge in [-0.25, -0.2) is 0 Å². The van der Waals surface area contributed by atoms with Gasteiger partial charge < -0.3 is 10.1 Å². The van der Waals surface area contributed by atoms with E-state index in [0.717, 1.165) is 31.2 Å². The third kappa shape index (κ3) is 1.38. The molecule has 0 unspecified atom stereocenters. The van der Waals surface area contributed by atoms with Crippen LogP contribution < -0.4 is 5.32 Å². The van der Waals surface area contributed by atoms with Crippen LogP contribution in [0.1, 0.15) is 18.4 Å². The van der Waals surface area contributed by atoms with Gasteiger partial charge in [0.25, 0.3) is 0 Å². The van der Waals surface area contributed by atoms with Gasteiger partial charge in [-0.2, -0.15) is 0 Å². The Balaban J connectivity index is 2.36. The molecule has 1 atom stereocenters. The third-order valence-electron chi connectivity index (χ3n) is 2.68. The van der Waals surface area contributed by atoms with E-state index in [-0.39, 0.29) is 0 Å². The second-order valence-corrected chi connectivity index (χ2v) is 3.49. The molecule has 2 heteroatoms. The predicted molar refractivity (Wildman–Crippen MR) is 51.4 cm³/mol. The molecule has 0 amide bonds. The highest BCUT2D eigenvalue weighted by molar-refractivity contribution is 5.68. The summed E-state index contributed by atoms with van der Waals surface area (Å²) in [6.45, 7) is 0.938. The van der Waals surface area contributed by atoms with Crippen LogP contribution in [-0.2, 0) is 10.3 Å². The summed E-state index contributed by atoms with van der Waals surface area (Å²) >= 11 is 0. The van der Waals surface area contributed by atoms with Crippen LogP contribution in [0.2, 0.25) is 0 Å². The predicted octanol–water partition coefficient (Wildman–Crippen LogP) is 1.46. The molecule has 0 spiro atoms.